The molecule has 5 aromatic rings. The number of imidazole rings is 1. The van der Waals surface area contributed by atoms with Crippen molar-refractivity contribution < 1.29 is 9.90 Å². The van der Waals surface area contributed by atoms with Crippen LogP contribution >= 0.6 is 11.3 Å². The summed E-state index contributed by atoms with van der Waals surface area (Å²) in [4.78, 5) is 28.9. The molecule has 0 atom stereocenters. The number of rotatable bonds is 4. The summed E-state index contributed by atoms with van der Waals surface area (Å²) in [7, 11) is 0. The Kier molecular flexibility index (Phi) is 4.37. The first-order chi connectivity index (χ1) is 14.6. The number of thiophene rings is 1. The number of carbonyl (C=O) groups is 1. The molecule has 1 aromatic carbocycles. The second-order valence-corrected chi connectivity index (χ2v) is 7.84. The van der Waals surface area contributed by atoms with Gasteiger partial charge in [0.1, 0.15) is 0 Å². The van der Waals surface area contributed by atoms with Gasteiger partial charge in [0.25, 0.3) is 0 Å². The smallest absolute Gasteiger partial charge is 0.336 e. The molecule has 0 spiro atoms. The van der Waals surface area contributed by atoms with Crippen LogP contribution in [-0.4, -0.2) is 31.0 Å². The van der Waals surface area contributed by atoms with E-state index in [2.05, 4.69) is 19.9 Å². The molecule has 0 bridgehead atoms. The monoisotopic (exact) mass is 412 g/mol. The zero-order chi connectivity index (χ0) is 20.7. The van der Waals surface area contributed by atoms with Crippen LogP contribution in [0.15, 0.2) is 66.4 Å². The molecule has 0 saturated carbocycles. The number of nitrogens with one attached hydrogen (secondary N) is 1. The van der Waals surface area contributed by atoms with Gasteiger partial charge < -0.3 is 10.1 Å². The summed E-state index contributed by atoms with van der Waals surface area (Å²) in [6.45, 7) is 1.96. The number of aromatic nitrogens is 4. The highest BCUT2D eigenvalue weighted by molar-refractivity contribution is 7.13. The average molecular weight is 412 g/mol. The summed E-state index contributed by atoms with van der Waals surface area (Å²) in [5.74, 6) is -0.927. The van der Waals surface area contributed by atoms with Crippen molar-refractivity contribution in [2.45, 2.75) is 6.92 Å². The SMILES string of the molecule is Cc1cccc(-c2[nH]cnc2-c2ccc3ncc(-c4cc(C(=O)O)cs4)cc3c2)n1. The Labute approximate surface area is 175 Å². The van der Waals surface area contributed by atoms with E-state index < -0.39 is 5.97 Å². The van der Waals surface area contributed by atoms with Crippen molar-refractivity contribution in [3.05, 3.63) is 77.7 Å². The molecular weight excluding hydrogens is 396 g/mol. The van der Waals surface area contributed by atoms with Crippen LogP contribution in [0.4, 0.5) is 0 Å². The fourth-order valence-electron chi connectivity index (χ4n) is 3.40. The molecule has 0 aliphatic carbocycles. The van der Waals surface area contributed by atoms with E-state index in [4.69, 9.17) is 0 Å². The first kappa shape index (κ1) is 18.2. The highest BCUT2D eigenvalue weighted by Crippen LogP contribution is 2.32. The number of fused-ring (bicyclic) bond motifs is 1. The van der Waals surface area contributed by atoms with E-state index in [0.29, 0.717) is 0 Å². The van der Waals surface area contributed by atoms with Crippen LogP contribution < -0.4 is 0 Å². The van der Waals surface area contributed by atoms with Crippen molar-refractivity contribution in [3.8, 4) is 33.1 Å². The first-order valence-corrected chi connectivity index (χ1v) is 10.2. The molecule has 0 fully saturated rings. The third kappa shape index (κ3) is 3.25. The van der Waals surface area contributed by atoms with Crippen molar-refractivity contribution in [2.75, 3.05) is 0 Å². The van der Waals surface area contributed by atoms with Crippen LogP contribution in [0.1, 0.15) is 16.1 Å². The summed E-state index contributed by atoms with van der Waals surface area (Å²) in [6, 6.07) is 15.6. The van der Waals surface area contributed by atoms with Gasteiger partial charge in [-0.1, -0.05) is 12.1 Å². The number of hydrogen-bond donors (Lipinski definition) is 2. The van der Waals surface area contributed by atoms with E-state index in [0.717, 1.165) is 49.7 Å². The van der Waals surface area contributed by atoms with Crippen LogP contribution in [0, 0.1) is 6.92 Å². The van der Waals surface area contributed by atoms with E-state index in [-0.39, 0.29) is 5.56 Å². The van der Waals surface area contributed by atoms with Crippen molar-refractivity contribution in [1.82, 2.24) is 19.9 Å². The Morgan fingerprint density at radius 3 is 2.73 bits per heavy atom. The molecule has 4 aromatic heterocycles. The quantitative estimate of drug-likeness (QED) is 0.411. The molecule has 0 aliphatic rings. The number of aromatic amines is 1. The van der Waals surface area contributed by atoms with Gasteiger partial charge in [0, 0.05) is 38.7 Å². The molecule has 2 N–H and O–H groups in total. The minimum atomic E-state index is -0.927. The lowest BCUT2D eigenvalue weighted by Gasteiger charge is -2.06. The van der Waals surface area contributed by atoms with Crippen LogP contribution in [0.25, 0.3) is 44.0 Å². The van der Waals surface area contributed by atoms with E-state index in [1.165, 1.54) is 11.3 Å². The summed E-state index contributed by atoms with van der Waals surface area (Å²) in [6.07, 6.45) is 3.45. The molecule has 30 heavy (non-hydrogen) atoms. The van der Waals surface area contributed by atoms with E-state index in [1.807, 2.05) is 49.4 Å². The second-order valence-electron chi connectivity index (χ2n) is 6.93. The summed E-state index contributed by atoms with van der Waals surface area (Å²) >= 11 is 1.40. The van der Waals surface area contributed by atoms with Crippen molar-refractivity contribution in [3.63, 3.8) is 0 Å². The highest BCUT2D eigenvalue weighted by Gasteiger charge is 2.13. The lowest BCUT2D eigenvalue weighted by atomic mass is 10.0. The predicted octanol–water partition coefficient (Wildman–Crippen LogP) is 5.42. The zero-order valence-corrected chi connectivity index (χ0v) is 16.8. The van der Waals surface area contributed by atoms with Gasteiger partial charge in [-0.25, -0.2) is 9.78 Å². The first-order valence-electron chi connectivity index (χ1n) is 9.28. The van der Waals surface area contributed by atoms with Gasteiger partial charge in [0.2, 0.25) is 0 Å². The standard InChI is InChI=1S/C23H16N4O2S/c1-13-3-2-4-19(27-13)22-21(25-12-26-22)14-5-6-18-15(7-14)8-16(10-24-18)20-9-17(11-30-20)23(28)29/h2-12H,1H3,(H,25,26)(H,28,29). The van der Waals surface area contributed by atoms with Crippen molar-refractivity contribution >= 4 is 28.2 Å². The number of aromatic carboxylic acids is 1. The van der Waals surface area contributed by atoms with Gasteiger partial charge in [-0.05, 0) is 43.3 Å². The molecule has 146 valence electrons. The maximum absolute atomic E-state index is 11.2. The van der Waals surface area contributed by atoms with Gasteiger partial charge in [0.15, 0.2) is 0 Å². The molecule has 0 amide bonds. The summed E-state index contributed by atoms with van der Waals surface area (Å²) in [5.41, 5.74) is 6.47. The largest absolute Gasteiger partial charge is 0.478 e. The number of pyridine rings is 2. The summed E-state index contributed by atoms with van der Waals surface area (Å²) < 4.78 is 0. The molecule has 0 unspecified atom stereocenters. The maximum Gasteiger partial charge on any atom is 0.336 e. The molecular formula is C23H16N4O2S. The fourth-order valence-corrected chi connectivity index (χ4v) is 4.27. The summed E-state index contributed by atoms with van der Waals surface area (Å²) in [5, 5.41) is 11.8. The molecule has 7 heteroatoms. The topological polar surface area (TPSA) is 91.8 Å². The van der Waals surface area contributed by atoms with E-state index in [1.54, 1.807) is 24.0 Å². The maximum atomic E-state index is 11.2. The van der Waals surface area contributed by atoms with Crippen LogP contribution in [0.2, 0.25) is 0 Å². The Morgan fingerprint density at radius 2 is 1.93 bits per heavy atom. The second kappa shape index (κ2) is 7.20. The predicted molar refractivity (Wildman–Crippen MR) is 118 cm³/mol. The number of H-pyrrole nitrogens is 1. The Morgan fingerprint density at radius 1 is 1.07 bits per heavy atom. The molecule has 5 rings (SSSR count). The molecule has 4 heterocycles. The van der Waals surface area contributed by atoms with Gasteiger partial charge in [-0.15, -0.1) is 11.3 Å². The van der Waals surface area contributed by atoms with Crippen molar-refractivity contribution in [1.29, 1.82) is 0 Å². The van der Waals surface area contributed by atoms with E-state index in [9.17, 15) is 9.90 Å². The Balaban J connectivity index is 1.58. The zero-order valence-electron chi connectivity index (χ0n) is 16.0. The van der Waals surface area contributed by atoms with Gasteiger partial charge in [-0.2, -0.15) is 0 Å². The van der Waals surface area contributed by atoms with Crippen molar-refractivity contribution in [2.24, 2.45) is 0 Å². The number of aryl methyl sites for hydroxylation is 1. The number of nitrogens with zero attached hydrogens (tertiary/aromatic N) is 3. The van der Waals surface area contributed by atoms with Crippen LogP contribution in [-0.2, 0) is 0 Å². The molecule has 0 saturated heterocycles. The number of carboxylic acids is 1. The normalized spacial score (nSPS) is 11.1. The fraction of sp³-hybridized carbons (Fsp3) is 0.0435. The minimum Gasteiger partial charge on any atom is -0.478 e. The Bertz CT molecular complexity index is 1400. The third-order valence-electron chi connectivity index (χ3n) is 4.87. The lowest BCUT2D eigenvalue weighted by molar-refractivity contribution is 0.0697. The molecule has 0 aliphatic heterocycles. The molecule has 6 nitrogen and oxygen atoms in total. The van der Waals surface area contributed by atoms with Crippen LogP contribution in [0.3, 0.4) is 0 Å². The number of hydrogen-bond acceptors (Lipinski definition) is 5. The number of benzene rings is 1. The molecule has 0 radical (unpaired) electrons. The van der Waals surface area contributed by atoms with Crippen LogP contribution in [0.5, 0.6) is 0 Å². The Hall–Kier alpha value is -3.84. The van der Waals surface area contributed by atoms with Gasteiger partial charge in [0.05, 0.1) is 34.5 Å². The number of carboxylic acid groups (broad SMARTS) is 1. The van der Waals surface area contributed by atoms with E-state index >= 15 is 0 Å². The average Bonchev–Trinajstić information content (AvgIpc) is 3.43. The minimum absolute atomic E-state index is 0.288. The highest BCUT2D eigenvalue weighted by atomic mass is 32.1. The third-order valence-corrected chi connectivity index (χ3v) is 5.85. The van der Waals surface area contributed by atoms with Gasteiger partial charge >= 0.3 is 5.97 Å². The lowest BCUT2D eigenvalue weighted by Crippen LogP contribution is -1.91. The van der Waals surface area contributed by atoms with Gasteiger partial charge in [-0.3, -0.25) is 9.97 Å².